The molecule has 2 rings (SSSR count). The normalized spacial score (nSPS) is 19.4. The molecule has 1 aliphatic carbocycles. The largest absolute Gasteiger partial charge is 0.444 e. The van der Waals surface area contributed by atoms with Crippen molar-refractivity contribution in [2.45, 2.75) is 77.0 Å². The van der Waals surface area contributed by atoms with Gasteiger partial charge >= 0.3 is 6.09 Å². The number of carbonyl (C=O) groups is 1. The van der Waals surface area contributed by atoms with Crippen LogP contribution in [0.4, 0.5) is 9.18 Å². The van der Waals surface area contributed by atoms with Gasteiger partial charge in [0.05, 0.1) is 0 Å². The molecule has 0 saturated heterocycles. The Morgan fingerprint density at radius 3 is 2.37 bits per heavy atom. The van der Waals surface area contributed by atoms with E-state index < -0.39 is 5.60 Å². The maximum Gasteiger partial charge on any atom is 0.407 e. The summed E-state index contributed by atoms with van der Waals surface area (Å²) in [5, 5.41) is 9.75. The van der Waals surface area contributed by atoms with Gasteiger partial charge in [0, 0.05) is 25.7 Å². The molecule has 1 aromatic carbocycles. The number of alkyl carbamates (subject to hydrolysis) is 1. The minimum absolute atomic E-state index is 0. The van der Waals surface area contributed by atoms with Gasteiger partial charge in [-0.3, -0.25) is 4.99 Å². The molecule has 0 radical (unpaired) electrons. The highest BCUT2D eigenvalue weighted by atomic mass is 127. The lowest BCUT2D eigenvalue weighted by atomic mass is 9.91. The third-order valence-corrected chi connectivity index (χ3v) is 4.84. The van der Waals surface area contributed by atoms with Gasteiger partial charge in [0.15, 0.2) is 5.96 Å². The molecule has 1 aliphatic rings. The summed E-state index contributed by atoms with van der Waals surface area (Å²) in [4.78, 5) is 16.2. The number of benzene rings is 1. The molecule has 6 nitrogen and oxygen atoms in total. The fraction of sp³-hybridized carbons (Fsp3) is 0.636. The van der Waals surface area contributed by atoms with E-state index in [0.717, 1.165) is 56.6 Å². The van der Waals surface area contributed by atoms with Crippen molar-refractivity contribution < 1.29 is 13.9 Å². The molecular weight excluding hydrogens is 498 g/mol. The van der Waals surface area contributed by atoms with E-state index in [1.807, 2.05) is 26.8 Å². The SMILES string of the molecule is CN=C(NCCCc1cccc(F)c1)NC1CCC(NC(=O)OC(C)(C)C)CC1.I. The summed E-state index contributed by atoms with van der Waals surface area (Å²) in [5.41, 5.74) is 0.529. The molecule has 0 aromatic heterocycles. The van der Waals surface area contributed by atoms with Crippen LogP contribution in [0.2, 0.25) is 0 Å². The van der Waals surface area contributed by atoms with E-state index in [-0.39, 0.29) is 41.9 Å². The number of amides is 1. The maximum absolute atomic E-state index is 13.2. The van der Waals surface area contributed by atoms with Crippen LogP contribution in [0, 0.1) is 5.82 Å². The fourth-order valence-corrected chi connectivity index (χ4v) is 3.44. The average molecular weight is 534 g/mol. The summed E-state index contributed by atoms with van der Waals surface area (Å²) in [6.07, 6.45) is 5.13. The number of nitrogens with one attached hydrogen (secondary N) is 3. The highest BCUT2D eigenvalue weighted by Gasteiger charge is 2.25. The highest BCUT2D eigenvalue weighted by Crippen LogP contribution is 2.19. The first-order valence-electron chi connectivity index (χ1n) is 10.5. The van der Waals surface area contributed by atoms with Crippen LogP contribution in [0.25, 0.3) is 0 Å². The van der Waals surface area contributed by atoms with E-state index in [1.54, 1.807) is 19.2 Å². The second kappa shape index (κ2) is 13.0. The van der Waals surface area contributed by atoms with Gasteiger partial charge < -0.3 is 20.7 Å². The number of nitrogens with zero attached hydrogens (tertiary/aromatic N) is 1. The summed E-state index contributed by atoms with van der Waals surface area (Å²) < 4.78 is 18.5. The molecule has 8 heteroatoms. The summed E-state index contributed by atoms with van der Waals surface area (Å²) in [5.74, 6) is 0.595. The molecule has 0 atom stereocenters. The minimum Gasteiger partial charge on any atom is -0.444 e. The number of rotatable bonds is 6. The van der Waals surface area contributed by atoms with Crippen molar-refractivity contribution >= 4 is 36.0 Å². The van der Waals surface area contributed by atoms with Crippen molar-refractivity contribution in [2.24, 2.45) is 4.99 Å². The number of aryl methyl sites for hydroxylation is 1. The summed E-state index contributed by atoms with van der Waals surface area (Å²) in [6.45, 7) is 6.37. The number of guanidine groups is 1. The summed E-state index contributed by atoms with van der Waals surface area (Å²) in [6, 6.07) is 7.22. The van der Waals surface area contributed by atoms with Crippen LogP contribution >= 0.6 is 24.0 Å². The summed E-state index contributed by atoms with van der Waals surface area (Å²) >= 11 is 0. The van der Waals surface area contributed by atoms with Crippen molar-refractivity contribution in [1.29, 1.82) is 0 Å². The van der Waals surface area contributed by atoms with Gasteiger partial charge in [-0.25, -0.2) is 9.18 Å². The van der Waals surface area contributed by atoms with E-state index >= 15 is 0 Å². The first kappa shape index (κ1) is 26.5. The number of aliphatic imine (C=N–C) groups is 1. The lowest BCUT2D eigenvalue weighted by Crippen LogP contribution is -2.48. The van der Waals surface area contributed by atoms with E-state index in [2.05, 4.69) is 20.9 Å². The van der Waals surface area contributed by atoms with Crippen LogP contribution in [0.3, 0.4) is 0 Å². The van der Waals surface area contributed by atoms with Gasteiger partial charge in [-0.15, -0.1) is 24.0 Å². The van der Waals surface area contributed by atoms with Gasteiger partial charge in [-0.05, 0) is 77.0 Å². The third-order valence-electron chi connectivity index (χ3n) is 4.84. The van der Waals surface area contributed by atoms with E-state index in [0.29, 0.717) is 6.04 Å². The van der Waals surface area contributed by atoms with Crippen LogP contribution in [0.5, 0.6) is 0 Å². The molecule has 0 spiro atoms. The predicted molar refractivity (Wildman–Crippen MR) is 130 cm³/mol. The van der Waals surface area contributed by atoms with Gasteiger partial charge in [-0.1, -0.05) is 12.1 Å². The molecule has 1 fully saturated rings. The topological polar surface area (TPSA) is 74.8 Å². The monoisotopic (exact) mass is 534 g/mol. The average Bonchev–Trinajstić information content (AvgIpc) is 2.64. The molecule has 30 heavy (non-hydrogen) atoms. The van der Waals surface area contributed by atoms with Crippen LogP contribution < -0.4 is 16.0 Å². The molecule has 1 saturated carbocycles. The van der Waals surface area contributed by atoms with Crippen LogP contribution in [0.1, 0.15) is 58.4 Å². The number of hydrogen-bond donors (Lipinski definition) is 3. The Labute approximate surface area is 196 Å². The van der Waals surface area contributed by atoms with E-state index in [4.69, 9.17) is 4.74 Å². The first-order chi connectivity index (χ1) is 13.7. The molecule has 3 N–H and O–H groups in total. The van der Waals surface area contributed by atoms with Gasteiger partial charge in [0.1, 0.15) is 11.4 Å². The standard InChI is InChI=1S/C22H35FN4O2.HI/c1-22(2,3)29-21(28)27-19-12-10-18(11-13-19)26-20(24-4)25-14-6-8-16-7-5-9-17(23)15-16;/h5,7,9,15,18-19H,6,8,10-14H2,1-4H3,(H,27,28)(H2,24,25,26);1H. The van der Waals surface area contributed by atoms with E-state index in [9.17, 15) is 9.18 Å². The van der Waals surface area contributed by atoms with Crippen molar-refractivity contribution in [3.05, 3.63) is 35.6 Å². The zero-order valence-corrected chi connectivity index (χ0v) is 20.8. The van der Waals surface area contributed by atoms with Crippen molar-refractivity contribution in [1.82, 2.24) is 16.0 Å². The van der Waals surface area contributed by atoms with E-state index in [1.165, 1.54) is 6.07 Å². The lowest BCUT2D eigenvalue weighted by Gasteiger charge is -2.31. The molecular formula is C22H36FIN4O2. The van der Waals surface area contributed by atoms with Crippen LogP contribution in [-0.4, -0.2) is 43.3 Å². The smallest absolute Gasteiger partial charge is 0.407 e. The number of hydrogen-bond acceptors (Lipinski definition) is 3. The minimum atomic E-state index is -0.477. The summed E-state index contributed by atoms with van der Waals surface area (Å²) in [7, 11) is 1.76. The Kier molecular flexibility index (Phi) is 11.4. The molecule has 0 unspecified atom stereocenters. The third kappa shape index (κ3) is 10.4. The quantitative estimate of drug-likeness (QED) is 0.219. The Bertz CT molecular complexity index is 686. The van der Waals surface area contributed by atoms with Gasteiger partial charge in [0.25, 0.3) is 0 Å². The Balaban J connectivity index is 0.00000450. The van der Waals surface area contributed by atoms with Crippen molar-refractivity contribution in [3.8, 4) is 0 Å². The van der Waals surface area contributed by atoms with Crippen molar-refractivity contribution in [3.63, 3.8) is 0 Å². The molecule has 0 heterocycles. The maximum atomic E-state index is 13.2. The second-order valence-electron chi connectivity index (χ2n) is 8.57. The fourth-order valence-electron chi connectivity index (χ4n) is 3.44. The zero-order valence-electron chi connectivity index (χ0n) is 18.5. The second-order valence-corrected chi connectivity index (χ2v) is 8.57. The molecule has 0 aliphatic heterocycles. The highest BCUT2D eigenvalue weighted by molar-refractivity contribution is 14.0. The molecule has 0 bridgehead atoms. The molecule has 1 aromatic rings. The zero-order chi connectivity index (χ0) is 21.3. The van der Waals surface area contributed by atoms with Crippen LogP contribution in [-0.2, 0) is 11.2 Å². The Morgan fingerprint density at radius 1 is 1.17 bits per heavy atom. The van der Waals surface area contributed by atoms with Gasteiger partial charge in [0.2, 0.25) is 0 Å². The lowest BCUT2D eigenvalue weighted by molar-refractivity contribution is 0.0490. The Morgan fingerprint density at radius 2 is 1.80 bits per heavy atom. The first-order valence-corrected chi connectivity index (χ1v) is 10.5. The number of carbonyl (C=O) groups excluding carboxylic acids is 1. The van der Waals surface area contributed by atoms with Crippen LogP contribution in [0.15, 0.2) is 29.3 Å². The Hall–Kier alpha value is -1.58. The number of ether oxygens (including phenoxy) is 1. The molecule has 170 valence electrons. The molecule has 1 amide bonds. The number of halogens is 2. The predicted octanol–water partition coefficient (Wildman–Crippen LogP) is 4.38. The van der Waals surface area contributed by atoms with Gasteiger partial charge in [-0.2, -0.15) is 0 Å². The van der Waals surface area contributed by atoms with Crippen molar-refractivity contribution in [2.75, 3.05) is 13.6 Å².